The van der Waals surface area contributed by atoms with Crippen LogP contribution in [0.4, 0.5) is 4.79 Å². The number of hydrogen-bond donors (Lipinski definition) is 3. The maximum atomic E-state index is 11.9. The topological polar surface area (TPSA) is 87.7 Å². The van der Waals surface area contributed by atoms with Gasteiger partial charge in [0.1, 0.15) is 0 Å². The molecule has 3 N–H and O–H groups in total. The lowest BCUT2D eigenvalue weighted by Crippen LogP contribution is -2.53. The molecule has 1 saturated carbocycles. The van der Waals surface area contributed by atoms with Gasteiger partial charge in [0.2, 0.25) is 0 Å². The number of aliphatic carboxylic acids is 1. The van der Waals surface area contributed by atoms with Crippen molar-refractivity contribution in [2.75, 3.05) is 13.7 Å². The van der Waals surface area contributed by atoms with Gasteiger partial charge in [-0.2, -0.15) is 0 Å². The predicted molar refractivity (Wildman–Crippen MR) is 71.1 cm³/mol. The highest BCUT2D eigenvalue weighted by atomic mass is 16.5. The van der Waals surface area contributed by atoms with Crippen molar-refractivity contribution in [2.24, 2.45) is 0 Å². The number of hydrogen-bond acceptors (Lipinski definition) is 3. The Morgan fingerprint density at radius 3 is 2.37 bits per heavy atom. The monoisotopic (exact) mass is 272 g/mol. The third kappa shape index (κ3) is 5.06. The van der Waals surface area contributed by atoms with Crippen LogP contribution in [0.2, 0.25) is 0 Å². The standard InChI is InChI=1S/C13H24N2O4/c1-12(2,19-3)9-14-11(18)15-13(8-10(16)17)6-4-5-7-13/h4-9H2,1-3H3,(H,16,17)(H2,14,15,18). The molecule has 0 aromatic carbocycles. The number of rotatable bonds is 6. The highest BCUT2D eigenvalue weighted by Gasteiger charge is 2.37. The number of carboxylic acids is 1. The molecule has 0 aromatic rings. The van der Waals surface area contributed by atoms with Crippen molar-refractivity contribution >= 4 is 12.0 Å². The molecule has 1 aliphatic carbocycles. The first-order valence-corrected chi connectivity index (χ1v) is 6.62. The van der Waals surface area contributed by atoms with E-state index in [-0.39, 0.29) is 12.5 Å². The molecule has 0 atom stereocenters. The fraction of sp³-hybridized carbons (Fsp3) is 0.846. The molecule has 110 valence electrons. The molecule has 0 bridgehead atoms. The molecule has 6 nitrogen and oxygen atoms in total. The van der Waals surface area contributed by atoms with Crippen LogP contribution in [0.3, 0.4) is 0 Å². The second-order valence-electron chi connectivity index (χ2n) is 5.83. The number of nitrogens with one attached hydrogen (secondary N) is 2. The van der Waals surface area contributed by atoms with Gasteiger partial charge in [0.25, 0.3) is 0 Å². The van der Waals surface area contributed by atoms with E-state index < -0.39 is 17.1 Å². The highest BCUT2D eigenvalue weighted by Crippen LogP contribution is 2.32. The summed E-state index contributed by atoms with van der Waals surface area (Å²) in [4.78, 5) is 22.8. The number of amides is 2. The minimum absolute atomic E-state index is 0.0198. The molecular formula is C13H24N2O4. The van der Waals surface area contributed by atoms with Crippen LogP contribution < -0.4 is 10.6 Å². The maximum Gasteiger partial charge on any atom is 0.315 e. The third-order valence-corrected chi connectivity index (χ3v) is 3.66. The van der Waals surface area contributed by atoms with Crippen molar-refractivity contribution < 1.29 is 19.4 Å². The summed E-state index contributed by atoms with van der Waals surface area (Å²) >= 11 is 0. The van der Waals surface area contributed by atoms with E-state index in [1.165, 1.54) is 0 Å². The smallest absolute Gasteiger partial charge is 0.315 e. The molecule has 0 heterocycles. The first-order chi connectivity index (χ1) is 8.79. The van der Waals surface area contributed by atoms with E-state index in [4.69, 9.17) is 9.84 Å². The van der Waals surface area contributed by atoms with Crippen molar-refractivity contribution in [2.45, 2.75) is 57.1 Å². The number of ether oxygens (including phenoxy) is 1. The Morgan fingerprint density at radius 1 is 1.32 bits per heavy atom. The molecule has 6 heteroatoms. The Kier molecular flexibility index (Phi) is 5.17. The van der Waals surface area contributed by atoms with Crippen LogP contribution in [0, 0.1) is 0 Å². The van der Waals surface area contributed by atoms with Crippen molar-refractivity contribution in [3.8, 4) is 0 Å². The van der Waals surface area contributed by atoms with Crippen LogP contribution in [0.25, 0.3) is 0 Å². The van der Waals surface area contributed by atoms with Gasteiger partial charge in [0, 0.05) is 13.7 Å². The summed E-state index contributed by atoms with van der Waals surface area (Å²) < 4.78 is 5.21. The zero-order valence-corrected chi connectivity index (χ0v) is 11.9. The fourth-order valence-corrected chi connectivity index (χ4v) is 2.34. The quantitative estimate of drug-likeness (QED) is 0.683. The average molecular weight is 272 g/mol. The normalized spacial score (nSPS) is 18.1. The predicted octanol–water partition coefficient (Wildman–Crippen LogP) is 1.50. The number of carbonyl (C=O) groups is 2. The minimum Gasteiger partial charge on any atom is -0.481 e. The SMILES string of the molecule is COC(C)(C)CNC(=O)NC1(CC(=O)O)CCCC1. The molecule has 0 radical (unpaired) electrons. The molecule has 0 unspecified atom stereocenters. The Bertz CT molecular complexity index is 336. The van der Waals surface area contributed by atoms with Crippen LogP contribution in [0.15, 0.2) is 0 Å². The van der Waals surface area contributed by atoms with Gasteiger partial charge in [-0.3, -0.25) is 4.79 Å². The van der Waals surface area contributed by atoms with E-state index in [1.54, 1.807) is 7.11 Å². The van der Waals surface area contributed by atoms with Crippen LogP contribution in [0.5, 0.6) is 0 Å². The Labute approximate surface area is 113 Å². The molecule has 0 spiro atoms. The number of urea groups is 1. The average Bonchev–Trinajstić information content (AvgIpc) is 2.74. The second-order valence-corrected chi connectivity index (χ2v) is 5.83. The summed E-state index contributed by atoms with van der Waals surface area (Å²) in [6.45, 7) is 4.12. The van der Waals surface area contributed by atoms with Gasteiger partial charge in [-0.15, -0.1) is 0 Å². The summed E-state index contributed by atoms with van der Waals surface area (Å²) in [7, 11) is 1.59. The van der Waals surface area contributed by atoms with Crippen LogP contribution in [-0.4, -0.2) is 41.9 Å². The number of methoxy groups -OCH3 is 1. The van der Waals surface area contributed by atoms with E-state index in [1.807, 2.05) is 13.8 Å². The zero-order chi connectivity index (χ0) is 14.5. The summed E-state index contributed by atoms with van der Waals surface area (Å²) in [6.07, 6.45) is 3.34. The molecular weight excluding hydrogens is 248 g/mol. The fourth-order valence-electron chi connectivity index (χ4n) is 2.34. The molecule has 2 amide bonds. The molecule has 19 heavy (non-hydrogen) atoms. The second kappa shape index (κ2) is 6.23. The van der Waals surface area contributed by atoms with Crippen molar-refractivity contribution in [3.05, 3.63) is 0 Å². The maximum absolute atomic E-state index is 11.9. The van der Waals surface area contributed by atoms with Crippen molar-refractivity contribution in [3.63, 3.8) is 0 Å². The van der Waals surface area contributed by atoms with Gasteiger partial charge in [0.15, 0.2) is 0 Å². The lowest BCUT2D eigenvalue weighted by Gasteiger charge is -2.30. The molecule has 0 saturated heterocycles. The third-order valence-electron chi connectivity index (χ3n) is 3.66. The molecule has 1 fully saturated rings. The van der Waals surface area contributed by atoms with Crippen LogP contribution in [-0.2, 0) is 9.53 Å². The lowest BCUT2D eigenvalue weighted by atomic mass is 9.93. The van der Waals surface area contributed by atoms with Gasteiger partial charge < -0.3 is 20.5 Å². The van der Waals surface area contributed by atoms with Crippen LogP contribution in [0.1, 0.15) is 46.0 Å². The van der Waals surface area contributed by atoms with E-state index in [9.17, 15) is 9.59 Å². The van der Waals surface area contributed by atoms with Gasteiger partial charge in [0.05, 0.1) is 17.6 Å². The van der Waals surface area contributed by atoms with Gasteiger partial charge >= 0.3 is 12.0 Å². The Hall–Kier alpha value is -1.30. The molecule has 0 aliphatic heterocycles. The zero-order valence-electron chi connectivity index (χ0n) is 11.9. The molecule has 1 rings (SSSR count). The van der Waals surface area contributed by atoms with E-state index in [0.29, 0.717) is 6.54 Å². The molecule has 0 aromatic heterocycles. The van der Waals surface area contributed by atoms with Crippen molar-refractivity contribution in [1.82, 2.24) is 10.6 Å². The van der Waals surface area contributed by atoms with Crippen molar-refractivity contribution in [1.29, 1.82) is 0 Å². The molecule has 1 aliphatic rings. The first kappa shape index (κ1) is 15.8. The largest absolute Gasteiger partial charge is 0.481 e. The van der Waals surface area contributed by atoms with E-state index in [0.717, 1.165) is 25.7 Å². The summed E-state index contributed by atoms with van der Waals surface area (Å²) in [5, 5.41) is 14.5. The number of carbonyl (C=O) groups excluding carboxylic acids is 1. The first-order valence-electron chi connectivity index (χ1n) is 6.62. The summed E-state index contributed by atoms with van der Waals surface area (Å²) in [6, 6.07) is -0.326. The van der Waals surface area contributed by atoms with Crippen LogP contribution >= 0.6 is 0 Å². The van der Waals surface area contributed by atoms with Gasteiger partial charge in [-0.1, -0.05) is 12.8 Å². The lowest BCUT2D eigenvalue weighted by molar-refractivity contribution is -0.138. The number of carboxylic acid groups (broad SMARTS) is 1. The summed E-state index contributed by atoms with van der Waals surface area (Å²) in [5.41, 5.74) is -1.03. The Morgan fingerprint density at radius 2 is 1.89 bits per heavy atom. The summed E-state index contributed by atoms with van der Waals surface area (Å²) in [5.74, 6) is -0.876. The Balaban J connectivity index is 2.51. The minimum atomic E-state index is -0.876. The van der Waals surface area contributed by atoms with E-state index >= 15 is 0 Å². The highest BCUT2D eigenvalue weighted by molar-refractivity contribution is 5.77. The van der Waals surface area contributed by atoms with Gasteiger partial charge in [-0.25, -0.2) is 4.79 Å². The van der Waals surface area contributed by atoms with Gasteiger partial charge in [-0.05, 0) is 26.7 Å². The van der Waals surface area contributed by atoms with E-state index in [2.05, 4.69) is 10.6 Å².